The van der Waals surface area contributed by atoms with Crippen LogP contribution in [0.25, 0.3) is 43.8 Å². The van der Waals surface area contributed by atoms with Crippen LogP contribution in [0.4, 0.5) is 0 Å². The molecule has 0 amide bonds. The quantitative estimate of drug-likeness (QED) is 0.175. The van der Waals surface area contributed by atoms with Gasteiger partial charge in [0.25, 0.3) is 0 Å². The summed E-state index contributed by atoms with van der Waals surface area (Å²) >= 11 is 0. The Morgan fingerprint density at radius 2 is 0.706 bits per heavy atom. The monoisotopic (exact) mass is 652 g/mol. The molecule has 0 aromatic heterocycles. The Morgan fingerprint density at radius 3 is 1.12 bits per heavy atom. The maximum atomic E-state index is 6.61. The van der Waals surface area contributed by atoms with Gasteiger partial charge in [0.1, 0.15) is 23.0 Å². The summed E-state index contributed by atoms with van der Waals surface area (Å²) in [7, 11) is -1.18. The molecule has 51 heavy (non-hydrogen) atoms. The van der Waals surface area contributed by atoms with E-state index in [4.69, 9.17) is 18.6 Å². The summed E-state index contributed by atoms with van der Waals surface area (Å²) in [5, 5.41) is 4.23. The fourth-order valence-corrected chi connectivity index (χ4v) is 9.19. The van der Waals surface area contributed by atoms with Crippen molar-refractivity contribution in [3.63, 3.8) is 0 Å². The summed E-state index contributed by atoms with van der Waals surface area (Å²) in [6, 6.07) is 55.8. The van der Waals surface area contributed by atoms with Crippen LogP contribution in [0.5, 0.6) is 23.0 Å². The predicted molar refractivity (Wildman–Crippen MR) is 204 cm³/mol. The number of hydrogen-bond donors (Lipinski definition) is 0. The van der Waals surface area contributed by atoms with Crippen LogP contribution in [0.15, 0.2) is 158 Å². The van der Waals surface area contributed by atoms with Gasteiger partial charge in [-0.25, -0.2) is 0 Å². The fraction of sp³-hybridized carbons (Fsp3) is 0.0222. The Balaban J connectivity index is 1.05. The molecule has 4 aliphatic rings. The van der Waals surface area contributed by atoms with Gasteiger partial charge in [0, 0.05) is 10.9 Å². The number of rotatable bonds is 2. The third-order valence-electron chi connectivity index (χ3n) is 11.3. The highest BCUT2D eigenvalue weighted by molar-refractivity contribution is 6.64. The Hall–Kier alpha value is -6.39. The van der Waals surface area contributed by atoms with Gasteiger partial charge in [-0.1, -0.05) is 133 Å². The van der Waals surface area contributed by atoms with Gasteiger partial charge in [-0.15, -0.1) is 0 Å². The molecule has 0 saturated carbocycles. The van der Waals surface area contributed by atoms with Crippen LogP contribution < -0.4 is 29.5 Å². The average molecular weight is 652 g/mol. The van der Waals surface area contributed by atoms with Gasteiger partial charge in [-0.3, -0.25) is 0 Å². The molecule has 2 heterocycles. The van der Waals surface area contributed by atoms with Crippen molar-refractivity contribution in [1.82, 2.24) is 0 Å². The molecule has 0 unspecified atom stereocenters. The van der Waals surface area contributed by atoms with E-state index in [0.717, 1.165) is 55.5 Å². The highest BCUT2D eigenvalue weighted by atomic mass is 16.6. The molecule has 6 heteroatoms. The molecule has 1 spiro atoms. The Kier molecular flexibility index (Phi) is 5.30. The molecular formula is C45H26B2O4. The van der Waals surface area contributed by atoms with Gasteiger partial charge in [-0.05, 0) is 79.5 Å². The second-order valence-electron chi connectivity index (χ2n) is 13.8. The van der Waals surface area contributed by atoms with Crippen LogP contribution >= 0.6 is 0 Å². The minimum atomic E-state index is -0.592. The van der Waals surface area contributed by atoms with Crippen LogP contribution in [-0.4, -0.2) is 14.2 Å². The maximum absolute atomic E-state index is 6.61. The van der Waals surface area contributed by atoms with E-state index in [1.165, 1.54) is 44.5 Å². The molecule has 0 N–H and O–H groups in total. The number of fused-ring (bicyclic) bond motifs is 10. The normalized spacial score (nSPS) is 15.0. The van der Waals surface area contributed by atoms with Crippen molar-refractivity contribution >= 4 is 46.7 Å². The van der Waals surface area contributed by atoms with Crippen molar-refractivity contribution in [3.05, 3.63) is 180 Å². The Labute approximate surface area is 295 Å². The van der Waals surface area contributed by atoms with Crippen LogP contribution in [0.2, 0.25) is 0 Å². The van der Waals surface area contributed by atoms with Gasteiger partial charge >= 0.3 is 14.2 Å². The molecule has 12 rings (SSSR count). The fourth-order valence-electron chi connectivity index (χ4n) is 9.19. The van der Waals surface area contributed by atoms with E-state index in [1.54, 1.807) is 0 Å². The summed E-state index contributed by atoms with van der Waals surface area (Å²) in [6.45, 7) is 0. The van der Waals surface area contributed by atoms with Crippen molar-refractivity contribution in [2.45, 2.75) is 5.41 Å². The van der Waals surface area contributed by atoms with E-state index < -0.39 is 19.7 Å². The third kappa shape index (κ3) is 3.56. The van der Waals surface area contributed by atoms with Gasteiger partial charge in [0.15, 0.2) is 0 Å². The largest absolute Gasteiger partial charge is 0.632 e. The van der Waals surface area contributed by atoms with Crippen molar-refractivity contribution in [2.75, 3.05) is 0 Å². The lowest BCUT2D eigenvalue weighted by molar-refractivity contribution is 0.428. The molecule has 0 radical (unpaired) electrons. The molecule has 2 aliphatic carbocycles. The van der Waals surface area contributed by atoms with Gasteiger partial charge in [-0.2, -0.15) is 0 Å². The Bertz CT molecular complexity index is 2540. The van der Waals surface area contributed by atoms with E-state index in [9.17, 15) is 0 Å². The minimum Gasteiger partial charge on any atom is -0.521 e. The third-order valence-corrected chi connectivity index (χ3v) is 11.3. The van der Waals surface area contributed by atoms with E-state index in [-0.39, 0.29) is 0 Å². The van der Waals surface area contributed by atoms with Crippen LogP contribution in [-0.2, 0) is 5.41 Å². The molecule has 2 aliphatic heterocycles. The van der Waals surface area contributed by atoms with Gasteiger partial charge in [0.2, 0.25) is 0 Å². The van der Waals surface area contributed by atoms with E-state index in [0.29, 0.717) is 0 Å². The molecule has 4 nitrogen and oxygen atoms in total. The first-order valence-electron chi connectivity index (χ1n) is 17.4. The van der Waals surface area contributed by atoms with E-state index >= 15 is 0 Å². The first kappa shape index (κ1) is 27.4. The molecule has 8 aromatic rings. The first-order valence-corrected chi connectivity index (χ1v) is 17.4. The predicted octanol–water partition coefficient (Wildman–Crippen LogP) is 8.67. The van der Waals surface area contributed by atoms with Crippen molar-refractivity contribution in [1.29, 1.82) is 0 Å². The number of benzene rings is 8. The molecule has 0 saturated heterocycles. The molecule has 8 aromatic carbocycles. The summed E-state index contributed by atoms with van der Waals surface area (Å²) in [5.41, 5.74) is 11.2. The average Bonchev–Trinajstić information content (AvgIpc) is 3.65. The SMILES string of the molecule is c1ccc2c(c1)-c1ccc(B3Oc4cccc5cccc(c45)O3)cc1C21c2ccccc2-c2ccc(B3Oc4cccc5cccc(c45)O3)cc21. The molecular weight excluding hydrogens is 626 g/mol. The lowest BCUT2D eigenvalue weighted by atomic mass is 9.66. The zero-order valence-electron chi connectivity index (χ0n) is 27.3. The second kappa shape index (κ2) is 9.86. The van der Waals surface area contributed by atoms with Gasteiger partial charge in [0.05, 0.1) is 16.2 Å². The highest BCUT2D eigenvalue weighted by Gasteiger charge is 2.53. The minimum absolute atomic E-state index is 0.566. The molecule has 236 valence electrons. The molecule has 0 fully saturated rings. The topological polar surface area (TPSA) is 36.9 Å². The molecule has 0 atom stereocenters. The van der Waals surface area contributed by atoms with Crippen molar-refractivity contribution < 1.29 is 18.6 Å². The van der Waals surface area contributed by atoms with Crippen LogP contribution in [0.3, 0.4) is 0 Å². The lowest BCUT2D eigenvalue weighted by Crippen LogP contribution is -2.45. The standard InChI is InChI=1S/C45H26B2O4/c1-3-15-35-31(13-1)33-23-21-29(46-48-39-17-5-9-27-10-6-18-40(49-46)43(27)39)25-37(33)45(35)36-16-4-2-14-32(36)34-24-22-30(26-38(34)45)47-50-41-19-7-11-28-12-8-20-42(51-47)44(28)41/h1-26H. The van der Waals surface area contributed by atoms with E-state index in [1.807, 2.05) is 48.5 Å². The Morgan fingerprint density at radius 1 is 0.333 bits per heavy atom. The lowest BCUT2D eigenvalue weighted by Gasteiger charge is -2.32. The zero-order chi connectivity index (χ0) is 33.3. The zero-order valence-corrected chi connectivity index (χ0v) is 27.3. The summed E-state index contributed by atoms with van der Waals surface area (Å²) < 4.78 is 26.5. The van der Waals surface area contributed by atoms with Crippen molar-refractivity contribution in [3.8, 4) is 45.3 Å². The van der Waals surface area contributed by atoms with Crippen LogP contribution in [0.1, 0.15) is 22.3 Å². The first-order chi connectivity index (χ1) is 25.3. The second-order valence-corrected chi connectivity index (χ2v) is 13.8. The highest BCUT2D eigenvalue weighted by Crippen LogP contribution is 2.62. The van der Waals surface area contributed by atoms with E-state index in [2.05, 4.69) is 109 Å². The summed E-state index contributed by atoms with van der Waals surface area (Å²) in [4.78, 5) is 0. The van der Waals surface area contributed by atoms with Crippen molar-refractivity contribution in [2.24, 2.45) is 0 Å². The molecule has 0 bridgehead atoms. The maximum Gasteiger partial charge on any atom is 0.632 e. The van der Waals surface area contributed by atoms with Gasteiger partial charge < -0.3 is 18.6 Å². The summed E-state index contributed by atoms with van der Waals surface area (Å²) in [6.07, 6.45) is 0. The number of hydrogen-bond acceptors (Lipinski definition) is 4. The smallest absolute Gasteiger partial charge is 0.521 e. The summed E-state index contributed by atoms with van der Waals surface area (Å²) in [5.74, 6) is 3.35. The van der Waals surface area contributed by atoms with Crippen LogP contribution in [0, 0.1) is 0 Å².